The second-order valence-electron chi connectivity index (χ2n) is 2.98. The van der Waals surface area contributed by atoms with Gasteiger partial charge in [0.25, 0.3) is 0 Å². The van der Waals surface area contributed by atoms with Crippen LogP contribution in [0.4, 0.5) is 0 Å². The molecule has 0 bridgehead atoms. The standard InChI is InChI=1S/C8H15NO3S/c1-3-4-7(9)8(10)5-6-13(2,11)12/h3,7H,1,4-6,9H2,2H3. The van der Waals surface area contributed by atoms with Gasteiger partial charge in [0.15, 0.2) is 5.78 Å². The normalized spacial score (nSPS) is 13.7. The molecule has 0 saturated heterocycles. The Hall–Kier alpha value is -0.680. The van der Waals surface area contributed by atoms with E-state index in [1.807, 2.05) is 0 Å². The molecule has 13 heavy (non-hydrogen) atoms. The quantitative estimate of drug-likeness (QED) is 0.614. The second kappa shape index (κ2) is 5.14. The van der Waals surface area contributed by atoms with E-state index in [1.165, 1.54) is 0 Å². The fourth-order valence-electron chi connectivity index (χ4n) is 0.782. The number of nitrogens with two attached hydrogens (primary N) is 1. The molecule has 1 atom stereocenters. The third-order valence-corrected chi connectivity index (χ3v) is 2.50. The predicted octanol–water partition coefficient (Wildman–Crippen LogP) is -0.106. The van der Waals surface area contributed by atoms with Crippen LogP contribution < -0.4 is 5.73 Å². The Kier molecular flexibility index (Phi) is 4.87. The second-order valence-corrected chi connectivity index (χ2v) is 5.24. The highest BCUT2D eigenvalue weighted by molar-refractivity contribution is 7.90. The zero-order valence-corrected chi connectivity index (χ0v) is 8.51. The lowest BCUT2D eigenvalue weighted by atomic mass is 10.1. The van der Waals surface area contributed by atoms with Crippen LogP contribution in [-0.2, 0) is 14.6 Å². The van der Waals surface area contributed by atoms with Gasteiger partial charge in [0.2, 0.25) is 0 Å². The Labute approximate surface area is 78.7 Å². The Morgan fingerprint density at radius 2 is 2.15 bits per heavy atom. The molecule has 5 heteroatoms. The van der Waals surface area contributed by atoms with E-state index in [4.69, 9.17) is 5.73 Å². The zero-order valence-electron chi connectivity index (χ0n) is 7.69. The van der Waals surface area contributed by atoms with Crippen molar-refractivity contribution in [3.8, 4) is 0 Å². The number of rotatable bonds is 6. The molecule has 0 rings (SSSR count). The van der Waals surface area contributed by atoms with Crippen molar-refractivity contribution in [1.82, 2.24) is 0 Å². The third-order valence-electron chi connectivity index (χ3n) is 1.55. The molecule has 0 spiro atoms. The number of Topliss-reactive ketones (excluding diaryl/α,β-unsaturated/α-hetero) is 1. The molecule has 2 N–H and O–H groups in total. The summed E-state index contributed by atoms with van der Waals surface area (Å²) in [6.45, 7) is 3.44. The van der Waals surface area contributed by atoms with Gasteiger partial charge in [-0.1, -0.05) is 6.08 Å². The summed E-state index contributed by atoms with van der Waals surface area (Å²) in [6.07, 6.45) is 3.03. The lowest BCUT2D eigenvalue weighted by molar-refractivity contribution is -0.119. The summed E-state index contributed by atoms with van der Waals surface area (Å²) in [5.41, 5.74) is 5.44. The highest BCUT2D eigenvalue weighted by atomic mass is 32.2. The molecule has 0 aromatic carbocycles. The summed E-state index contributed by atoms with van der Waals surface area (Å²) in [7, 11) is -3.07. The minimum absolute atomic E-state index is 0.00611. The minimum atomic E-state index is -3.07. The molecule has 0 fully saturated rings. The van der Waals surface area contributed by atoms with Gasteiger partial charge in [-0.2, -0.15) is 0 Å². The molecule has 0 aromatic heterocycles. The fraction of sp³-hybridized carbons (Fsp3) is 0.625. The number of sulfone groups is 1. The number of ketones is 1. The van der Waals surface area contributed by atoms with Crippen molar-refractivity contribution >= 4 is 15.6 Å². The van der Waals surface area contributed by atoms with Gasteiger partial charge >= 0.3 is 0 Å². The predicted molar refractivity (Wildman–Crippen MR) is 52.1 cm³/mol. The van der Waals surface area contributed by atoms with E-state index in [-0.39, 0.29) is 18.0 Å². The average Bonchev–Trinajstić information content (AvgIpc) is 1.99. The molecule has 0 heterocycles. The molecule has 0 amide bonds. The highest BCUT2D eigenvalue weighted by Gasteiger charge is 2.13. The van der Waals surface area contributed by atoms with E-state index in [0.717, 1.165) is 6.26 Å². The molecular weight excluding hydrogens is 190 g/mol. The van der Waals surface area contributed by atoms with Crippen LogP contribution in [0.2, 0.25) is 0 Å². The Morgan fingerprint density at radius 3 is 2.54 bits per heavy atom. The van der Waals surface area contributed by atoms with Crippen molar-refractivity contribution in [3.05, 3.63) is 12.7 Å². The van der Waals surface area contributed by atoms with E-state index < -0.39 is 15.9 Å². The third kappa shape index (κ3) is 6.48. The molecule has 0 radical (unpaired) electrons. The lowest BCUT2D eigenvalue weighted by Gasteiger charge is -2.06. The number of carbonyl (C=O) groups is 1. The van der Waals surface area contributed by atoms with Crippen molar-refractivity contribution in [2.75, 3.05) is 12.0 Å². The topological polar surface area (TPSA) is 77.2 Å². The van der Waals surface area contributed by atoms with Crippen LogP contribution in [-0.4, -0.2) is 32.3 Å². The monoisotopic (exact) mass is 205 g/mol. The van der Waals surface area contributed by atoms with Crippen molar-refractivity contribution in [1.29, 1.82) is 0 Å². The van der Waals surface area contributed by atoms with Crippen LogP contribution >= 0.6 is 0 Å². The van der Waals surface area contributed by atoms with Gasteiger partial charge in [-0.3, -0.25) is 4.79 Å². The van der Waals surface area contributed by atoms with Crippen LogP contribution in [0.5, 0.6) is 0 Å². The molecule has 0 aliphatic carbocycles. The summed E-state index contributed by atoms with van der Waals surface area (Å²) in [6, 6.07) is -0.612. The summed E-state index contributed by atoms with van der Waals surface area (Å²) >= 11 is 0. The molecular formula is C8H15NO3S. The van der Waals surface area contributed by atoms with E-state index in [0.29, 0.717) is 6.42 Å². The van der Waals surface area contributed by atoms with Crippen molar-refractivity contribution in [2.45, 2.75) is 18.9 Å². The van der Waals surface area contributed by atoms with Crippen molar-refractivity contribution < 1.29 is 13.2 Å². The maximum absolute atomic E-state index is 11.1. The fourth-order valence-corrected chi connectivity index (χ4v) is 1.35. The largest absolute Gasteiger partial charge is 0.321 e. The van der Waals surface area contributed by atoms with Gasteiger partial charge in [-0.25, -0.2) is 8.42 Å². The van der Waals surface area contributed by atoms with Gasteiger partial charge < -0.3 is 5.73 Å². The summed E-state index contributed by atoms with van der Waals surface area (Å²) in [4.78, 5) is 11.1. The first-order chi connectivity index (χ1) is 5.87. The first kappa shape index (κ1) is 12.3. The molecule has 1 unspecified atom stereocenters. The van der Waals surface area contributed by atoms with Gasteiger partial charge in [0.1, 0.15) is 9.84 Å². The van der Waals surface area contributed by atoms with Crippen molar-refractivity contribution in [2.24, 2.45) is 5.73 Å². The van der Waals surface area contributed by atoms with Gasteiger partial charge in [0, 0.05) is 12.7 Å². The van der Waals surface area contributed by atoms with Crippen molar-refractivity contribution in [3.63, 3.8) is 0 Å². The minimum Gasteiger partial charge on any atom is -0.321 e. The van der Waals surface area contributed by atoms with E-state index >= 15 is 0 Å². The van der Waals surface area contributed by atoms with E-state index in [2.05, 4.69) is 6.58 Å². The first-order valence-corrected chi connectivity index (χ1v) is 6.00. The van der Waals surface area contributed by atoms with Crippen LogP contribution in [0.15, 0.2) is 12.7 Å². The molecule has 0 aliphatic heterocycles. The van der Waals surface area contributed by atoms with Gasteiger partial charge in [-0.05, 0) is 6.42 Å². The van der Waals surface area contributed by atoms with Crippen LogP contribution in [0.3, 0.4) is 0 Å². The Balaban J connectivity index is 3.95. The summed E-state index contributed by atoms with van der Waals surface area (Å²) in [5.74, 6) is -0.359. The first-order valence-electron chi connectivity index (χ1n) is 3.93. The molecule has 76 valence electrons. The Bertz CT molecular complexity index is 282. The molecule has 0 saturated carbocycles. The smallest absolute Gasteiger partial charge is 0.150 e. The number of hydrogen-bond acceptors (Lipinski definition) is 4. The van der Waals surface area contributed by atoms with Gasteiger partial charge in [0.05, 0.1) is 11.8 Å². The Morgan fingerprint density at radius 1 is 1.62 bits per heavy atom. The van der Waals surface area contributed by atoms with Crippen LogP contribution in [0.25, 0.3) is 0 Å². The van der Waals surface area contributed by atoms with E-state index in [9.17, 15) is 13.2 Å². The molecule has 4 nitrogen and oxygen atoms in total. The maximum atomic E-state index is 11.1. The number of carbonyl (C=O) groups excluding carboxylic acids is 1. The highest BCUT2D eigenvalue weighted by Crippen LogP contribution is 1.97. The van der Waals surface area contributed by atoms with E-state index in [1.54, 1.807) is 6.08 Å². The van der Waals surface area contributed by atoms with Gasteiger partial charge in [-0.15, -0.1) is 6.58 Å². The summed E-state index contributed by atoms with van der Waals surface area (Å²) in [5, 5.41) is 0. The lowest BCUT2D eigenvalue weighted by Crippen LogP contribution is -2.31. The number of hydrogen-bond donors (Lipinski definition) is 1. The summed E-state index contributed by atoms with van der Waals surface area (Å²) < 4.78 is 21.4. The molecule has 0 aromatic rings. The SMILES string of the molecule is C=CCC(N)C(=O)CCS(C)(=O)=O. The van der Waals surface area contributed by atoms with Crippen LogP contribution in [0, 0.1) is 0 Å². The van der Waals surface area contributed by atoms with Crippen LogP contribution in [0.1, 0.15) is 12.8 Å². The maximum Gasteiger partial charge on any atom is 0.150 e. The molecule has 0 aliphatic rings. The zero-order chi connectivity index (χ0) is 10.5. The average molecular weight is 205 g/mol.